The van der Waals surface area contributed by atoms with E-state index in [4.69, 9.17) is 14.2 Å². The van der Waals surface area contributed by atoms with Crippen LogP contribution in [0.2, 0.25) is 0 Å². The van der Waals surface area contributed by atoms with E-state index >= 15 is 0 Å². The number of fused-ring (bicyclic) bond motifs is 1. The van der Waals surface area contributed by atoms with Gasteiger partial charge in [0, 0.05) is 12.0 Å². The fourth-order valence-electron chi connectivity index (χ4n) is 5.86. The Morgan fingerprint density at radius 1 is 0.605 bits per heavy atom. The molecule has 16 nitrogen and oxygen atoms in total. The summed E-state index contributed by atoms with van der Waals surface area (Å²) in [6.07, 6.45) is -21.1. The lowest BCUT2D eigenvalue weighted by atomic mass is 9.82. The van der Waals surface area contributed by atoms with Crippen molar-refractivity contribution in [2.75, 3.05) is 13.2 Å². The predicted molar refractivity (Wildman–Crippen MR) is 138 cm³/mol. The first-order valence-corrected chi connectivity index (χ1v) is 13.4. The molecule has 0 aliphatic carbocycles. The topological polar surface area (TPSA) is 291 Å². The third-order valence-corrected chi connectivity index (χ3v) is 8.26. The molecule has 11 unspecified atom stereocenters. The normalized spacial score (nSPS) is 37.9. The Morgan fingerprint density at radius 2 is 1.14 bits per heavy atom. The van der Waals surface area contributed by atoms with Gasteiger partial charge in [-0.15, -0.1) is 0 Å². The summed E-state index contributed by atoms with van der Waals surface area (Å²) < 4.78 is 17.2. The minimum Gasteiger partial charge on any atom is -0.507 e. The van der Waals surface area contributed by atoms with Gasteiger partial charge < -0.3 is 80.6 Å². The zero-order chi connectivity index (χ0) is 31.5. The van der Waals surface area contributed by atoms with E-state index in [2.05, 4.69) is 0 Å². The molecule has 2 aromatic rings. The molecule has 2 aromatic carbocycles. The minimum atomic E-state index is -1.99. The molecule has 16 heteroatoms. The lowest BCUT2D eigenvalue weighted by molar-refractivity contribution is -0.234. The summed E-state index contributed by atoms with van der Waals surface area (Å²) in [5.74, 6) is -3.13. The van der Waals surface area contributed by atoms with Gasteiger partial charge in [0.15, 0.2) is 11.5 Å². The van der Waals surface area contributed by atoms with Crippen LogP contribution in [0, 0.1) is 0 Å². The Morgan fingerprint density at radius 3 is 1.65 bits per heavy atom. The number of phenolic OH excluding ortho intramolecular Hbond substituents is 4. The van der Waals surface area contributed by atoms with Gasteiger partial charge in [-0.3, -0.25) is 0 Å². The van der Waals surface area contributed by atoms with E-state index in [0.717, 1.165) is 12.1 Å². The van der Waals surface area contributed by atoms with Crippen molar-refractivity contribution in [2.24, 2.45) is 0 Å². The van der Waals surface area contributed by atoms with Crippen LogP contribution >= 0.6 is 0 Å². The van der Waals surface area contributed by atoms with E-state index in [1.165, 1.54) is 6.07 Å². The minimum absolute atomic E-state index is 0.144. The van der Waals surface area contributed by atoms with Crippen LogP contribution in [-0.2, 0) is 15.9 Å². The quantitative estimate of drug-likeness (QED) is 0.146. The maximum Gasteiger partial charge on any atom is 0.157 e. The van der Waals surface area contributed by atoms with Crippen LogP contribution in [-0.4, -0.2) is 135 Å². The van der Waals surface area contributed by atoms with Crippen molar-refractivity contribution in [3.05, 3.63) is 40.5 Å². The molecule has 3 heterocycles. The van der Waals surface area contributed by atoms with E-state index in [1.54, 1.807) is 0 Å². The van der Waals surface area contributed by atoms with E-state index < -0.39 is 127 Å². The highest BCUT2D eigenvalue weighted by Crippen LogP contribution is 2.55. The predicted octanol–water partition coefficient (Wildman–Crippen LogP) is -3.42. The third-order valence-electron chi connectivity index (χ3n) is 8.26. The summed E-state index contributed by atoms with van der Waals surface area (Å²) in [5.41, 5.74) is -1.16. The zero-order valence-corrected chi connectivity index (χ0v) is 22.3. The Kier molecular flexibility index (Phi) is 8.64. The molecule has 0 amide bonds. The average Bonchev–Trinajstić information content (AvgIpc) is 2.98. The first-order chi connectivity index (χ1) is 20.3. The fourth-order valence-corrected chi connectivity index (χ4v) is 5.86. The SMILES string of the molecule is OCC1OC(c2c(O)c3c(c(C4OC(CO)C(O)C(O)C4O)c2O)O[C@@H](c2ccc(O)c(O)c2)C(O)C3)C(O)C(O)C1O. The summed E-state index contributed by atoms with van der Waals surface area (Å²) in [6, 6.07) is 3.55. The van der Waals surface area contributed by atoms with Gasteiger partial charge in [0.05, 0.1) is 30.4 Å². The second kappa shape index (κ2) is 11.8. The number of aromatic hydroxyl groups is 4. The molecular weight excluding hydrogens is 580 g/mol. The summed E-state index contributed by atoms with van der Waals surface area (Å²) in [4.78, 5) is 0. The molecule has 0 saturated carbocycles. The molecule has 13 N–H and O–H groups in total. The van der Waals surface area contributed by atoms with E-state index in [-0.39, 0.29) is 16.9 Å². The molecule has 0 bridgehead atoms. The highest BCUT2D eigenvalue weighted by Gasteiger charge is 2.51. The van der Waals surface area contributed by atoms with Crippen molar-refractivity contribution in [3.8, 4) is 28.7 Å². The molecule has 2 fully saturated rings. The Balaban J connectivity index is 1.71. The highest BCUT2D eigenvalue weighted by atomic mass is 16.6. The van der Waals surface area contributed by atoms with Gasteiger partial charge >= 0.3 is 0 Å². The second-order valence-electron chi connectivity index (χ2n) is 10.9. The van der Waals surface area contributed by atoms with Gasteiger partial charge in [-0.25, -0.2) is 0 Å². The van der Waals surface area contributed by atoms with Crippen LogP contribution in [0.5, 0.6) is 28.7 Å². The summed E-state index contributed by atoms with van der Waals surface area (Å²) >= 11 is 0. The van der Waals surface area contributed by atoms with Crippen molar-refractivity contribution >= 4 is 0 Å². The number of benzene rings is 2. The first kappa shape index (κ1) is 31.4. The molecule has 0 aromatic heterocycles. The Bertz CT molecular complexity index is 1330. The van der Waals surface area contributed by atoms with Gasteiger partial charge in [0.1, 0.15) is 84.4 Å². The van der Waals surface area contributed by atoms with Crippen LogP contribution in [0.1, 0.15) is 40.6 Å². The molecule has 3 aliphatic heterocycles. The van der Waals surface area contributed by atoms with Crippen molar-refractivity contribution in [3.63, 3.8) is 0 Å². The van der Waals surface area contributed by atoms with Gasteiger partial charge in [-0.1, -0.05) is 6.07 Å². The zero-order valence-electron chi connectivity index (χ0n) is 22.3. The smallest absolute Gasteiger partial charge is 0.157 e. The highest BCUT2D eigenvalue weighted by molar-refractivity contribution is 5.65. The summed E-state index contributed by atoms with van der Waals surface area (Å²) in [7, 11) is 0. The molecule has 3 aliphatic rings. The van der Waals surface area contributed by atoms with Gasteiger partial charge in [0.25, 0.3) is 0 Å². The number of aliphatic hydroxyl groups is 9. The van der Waals surface area contributed by atoms with Gasteiger partial charge in [-0.05, 0) is 17.7 Å². The molecule has 12 atom stereocenters. The van der Waals surface area contributed by atoms with E-state index in [0.29, 0.717) is 0 Å². The molecule has 238 valence electrons. The molecular formula is C27H34O16. The standard InChI is InChI=1S/C27H34O16/c28-5-12-17(34)20(37)22(39)26(41-12)14-16(33)8-4-11(32)24(7-1-2-9(30)10(31)3-7)43-25(8)15(19(14)36)27-23(40)21(38)18(35)13(6-29)42-27/h1-3,11-13,17-18,20-24,26-40H,4-6H2/t11?,12?,13?,17?,18?,20?,21?,22?,23?,24-,26?,27?/m0/s1. The molecule has 0 radical (unpaired) electrons. The molecule has 0 spiro atoms. The van der Waals surface area contributed by atoms with Gasteiger partial charge in [0.2, 0.25) is 0 Å². The largest absolute Gasteiger partial charge is 0.507 e. The molecule has 43 heavy (non-hydrogen) atoms. The lowest BCUT2D eigenvalue weighted by Gasteiger charge is -2.44. The number of hydrogen-bond donors (Lipinski definition) is 13. The van der Waals surface area contributed by atoms with Crippen LogP contribution in [0.3, 0.4) is 0 Å². The van der Waals surface area contributed by atoms with Crippen LogP contribution < -0.4 is 4.74 Å². The van der Waals surface area contributed by atoms with E-state index in [9.17, 15) is 66.4 Å². The van der Waals surface area contributed by atoms with Crippen molar-refractivity contribution in [2.45, 2.75) is 79.7 Å². The summed E-state index contributed by atoms with van der Waals surface area (Å²) in [6.45, 7) is -1.67. The van der Waals surface area contributed by atoms with Crippen LogP contribution in [0.15, 0.2) is 18.2 Å². The number of hydrogen-bond acceptors (Lipinski definition) is 16. The monoisotopic (exact) mass is 614 g/mol. The Hall–Kier alpha value is -3.00. The van der Waals surface area contributed by atoms with E-state index in [1.807, 2.05) is 0 Å². The second-order valence-corrected chi connectivity index (χ2v) is 10.9. The number of rotatable bonds is 5. The Labute approximate surface area is 243 Å². The lowest BCUT2D eigenvalue weighted by Crippen LogP contribution is -2.55. The van der Waals surface area contributed by atoms with Crippen LogP contribution in [0.4, 0.5) is 0 Å². The van der Waals surface area contributed by atoms with Crippen molar-refractivity contribution < 1.29 is 80.6 Å². The van der Waals surface area contributed by atoms with Crippen LogP contribution in [0.25, 0.3) is 0 Å². The van der Waals surface area contributed by atoms with Gasteiger partial charge in [-0.2, -0.15) is 0 Å². The third kappa shape index (κ3) is 5.13. The average molecular weight is 615 g/mol. The molecule has 5 rings (SSSR count). The van der Waals surface area contributed by atoms with Crippen molar-refractivity contribution in [1.29, 1.82) is 0 Å². The molecule has 2 saturated heterocycles. The first-order valence-electron chi connectivity index (χ1n) is 13.4. The fraction of sp³-hybridized carbons (Fsp3) is 0.556. The number of phenols is 4. The number of ether oxygens (including phenoxy) is 3. The van der Waals surface area contributed by atoms with Crippen molar-refractivity contribution in [1.82, 2.24) is 0 Å². The maximum atomic E-state index is 11.6. The summed E-state index contributed by atoms with van der Waals surface area (Å²) in [5, 5.41) is 136. The maximum absolute atomic E-state index is 11.6. The number of aliphatic hydroxyl groups excluding tert-OH is 9.